The van der Waals surface area contributed by atoms with Gasteiger partial charge in [0.1, 0.15) is 0 Å². The molecule has 0 radical (unpaired) electrons. The van der Waals surface area contributed by atoms with E-state index in [0.717, 1.165) is 0 Å². The highest BCUT2D eigenvalue weighted by molar-refractivity contribution is 5.93. The average Bonchev–Trinajstić information content (AvgIpc) is 2.24. The molecule has 0 aliphatic heterocycles. The summed E-state index contributed by atoms with van der Waals surface area (Å²) in [4.78, 5) is 22.4. The first kappa shape index (κ1) is 19.6. The summed E-state index contributed by atoms with van der Waals surface area (Å²) in [6.07, 6.45) is -1.86. The van der Waals surface area contributed by atoms with Crippen molar-refractivity contribution in [3.8, 4) is 0 Å². The molecule has 122 valence electrons. The second-order valence-electron chi connectivity index (χ2n) is 5.46. The number of carboxylic acids is 2. The number of ether oxygens (including phenoxy) is 2. The summed E-state index contributed by atoms with van der Waals surface area (Å²) in [6, 6.07) is 0. The first-order valence-corrected chi connectivity index (χ1v) is 7.05. The fraction of sp³-hybridized carbons (Fsp3) is 0.733. The smallest absolute Gasteiger partial charge is 0.332 e. The summed E-state index contributed by atoms with van der Waals surface area (Å²) in [5, 5.41) is 18.3. The maximum absolute atomic E-state index is 11.4. The molecule has 0 amide bonds. The fourth-order valence-corrected chi connectivity index (χ4v) is 2.24. The van der Waals surface area contributed by atoms with E-state index in [4.69, 9.17) is 14.6 Å². The van der Waals surface area contributed by atoms with E-state index in [9.17, 15) is 14.7 Å². The molecule has 6 nitrogen and oxygen atoms in total. The molecule has 0 rings (SSSR count). The van der Waals surface area contributed by atoms with Crippen LogP contribution in [0.3, 0.4) is 0 Å². The molecule has 0 aromatic rings. The summed E-state index contributed by atoms with van der Waals surface area (Å²) >= 11 is 0. The van der Waals surface area contributed by atoms with Gasteiger partial charge in [0.25, 0.3) is 0 Å². The molecule has 0 saturated carbocycles. The van der Waals surface area contributed by atoms with Gasteiger partial charge >= 0.3 is 11.9 Å². The average molecular weight is 302 g/mol. The number of carbonyl (C=O) groups is 2. The van der Waals surface area contributed by atoms with Crippen LogP contribution in [0.25, 0.3) is 0 Å². The van der Waals surface area contributed by atoms with Crippen LogP contribution in [0.4, 0.5) is 0 Å². The standard InChI is InChI=1S/C15H26O6/c1-8(2)20-10(5)14(11(6)21-9(3)4)12(15(18)19)7-13(16)17/h8-11H,7H2,1-6H3,(H,16,17)(H,18,19). The molecule has 2 unspecified atom stereocenters. The molecule has 0 aliphatic carbocycles. The monoisotopic (exact) mass is 302 g/mol. The van der Waals surface area contributed by atoms with Gasteiger partial charge in [0, 0.05) is 0 Å². The molecular weight excluding hydrogens is 276 g/mol. The lowest BCUT2D eigenvalue weighted by Crippen LogP contribution is -2.30. The van der Waals surface area contributed by atoms with Crippen molar-refractivity contribution in [3.63, 3.8) is 0 Å². The van der Waals surface area contributed by atoms with E-state index in [-0.39, 0.29) is 17.8 Å². The van der Waals surface area contributed by atoms with Gasteiger partial charge in [-0.05, 0) is 47.1 Å². The minimum Gasteiger partial charge on any atom is -0.481 e. The summed E-state index contributed by atoms with van der Waals surface area (Å²) < 4.78 is 11.3. The molecule has 0 bridgehead atoms. The molecular formula is C15H26O6. The van der Waals surface area contributed by atoms with Gasteiger partial charge in [-0.1, -0.05) is 0 Å². The first-order chi connectivity index (χ1) is 9.56. The largest absolute Gasteiger partial charge is 0.481 e. The number of hydrogen-bond acceptors (Lipinski definition) is 4. The highest BCUT2D eigenvalue weighted by atomic mass is 16.5. The van der Waals surface area contributed by atoms with Crippen LogP contribution in [0, 0.1) is 0 Å². The third kappa shape index (κ3) is 7.24. The zero-order chi connectivity index (χ0) is 16.7. The van der Waals surface area contributed by atoms with Gasteiger partial charge in [-0.2, -0.15) is 0 Å². The van der Waals surface area contributed by atoms with Crippen LogP contribution >= 0.6 is 0 Å². The number of hydrogen-bond donors (Lipinski definition) is 2. The van der Waals surface area contributed by atoms with Crippen LogP contribution in [-0.4, -0.2) is 46.6 Å². The third-order valence-corrected chi connectivity index (χ3v) is 2.76. The van der Waals surface area contributed by atoms with Crippen LogP contribution in [0.5, 0.6) is 0 Å². The van der Waals surface area contributed by atoms with Gasteiger partial charge in [-0.3, -0.25) is 4.79 Å². The van der Waals surface area contributed by atoms with Crippen molar-refractivity contribution in [2.45, 2.75) is 72.4 Å². The van der Waals surface area contributed by atoms with E-state index < -0.39 is 30.6 Å². The summed E-state index contributed by atoms with van der Waals surface area (Å²) in [7, 11) is 0. The number of carboxylic acid groups (broad SMARTS) is 2. The lowest BCUT2D eigenvalue weighted by atomic mass is 9.96. The van der Waals surface area contributed by atoms with Crippen LogP contribution in [0.1, 0.15) is 48.0 Å². The Morgan fingerprint density at radius 1 is 0.857 bits per heavy atom. The summed E-state index contributed by atoms with van der Waals surface area (Å²) in [5.41, 5.74) is 0.191. The van der Waals surface area contributed by atoms with E-state index in [0.29, 0.717) is 5.57 Å². The van der Waals surface area contributed by atoms with Gasteiger partial charge in [-0.25, -0.2) is 4.79 Å². The Labute approximate surface area is 125 Å². The van der Waals surface area contributed by atoms with E-state index in [1.54, 1.807) is 13.8 Å². The van der Waals surface area contributed by atoms with E-state index in [1.165, 1.54) is 0 Å². The summed E-state index contributed by atoms with van der Waals surface area (Å²) in [6.45, 7) is 10.7. The quantitative estimate of drug-likeness (QED) is 0.636. The normalized spacial score (nSPS) is 14.1. The SMILES string of the molecule is CC(C)OC(C)C(=C(CC(=O)O)C(=O)O)C(C)OC(C)C. The van der Waals surface area contributed by atoms with E-state index >= 15 is 0 Å². The van der Waals surface area contributed by atoms with E-state index in [1.807, 2.05) is 27.7 Å². The molecule has 0 heterocycles. The van der Waals surface area contributed by atoms with E-state index in [2.05, 4.69) is 0 Å². The van der Waals surface area contributed by atoms with Crippen molar-refractivity contribution in [2.75, 3.05) is 0 Å². The first-order valence-electron chi connectivity index (χ1n) is 7.05. The van der Waals surface area contributed by atoms with Crippen LogP contribution in [0.2, 0.25) is 0 Å². The molecule has 0 aliphatic rings. The van der Waals surface area contributed by atoms with Crippen molar-refractivity contribution >= 4 is 11.9 Å². The Hall–Kier alpha value is -1.40. The molecule has 21 heavy (non-hydrogen) atoms. The number of aliphatic carboxylic acids is 2. The van der Waals surface area contributed by atoms with Gasteiger partial charge in [0.15, 0.2) is 0 Å². The topological polar surface area (TPSA) is 93.1 Å². The van der Waals surface area contributed by atoms with Crippen molar-refractivity contribution in [3.05, 3.63) is 11.1 Å². The molecule has 0 saturated heterocycles. The Balaban J connectivity index is 5.70. The fourth-order valence-electron chi connectivity index (χ4n) is 2.24. The Morgan fingerprint density at radius 3 is 1.48 bits per heavy atom. The van der Waals surface area contributed by atoms with Crippen molar-refractivity contribution in [1.29, 1.82) is 0 Å². The zero-order valence-electron chi connectivity index (χ0n) is 13.5. The lowest BCUT2D eigenvalue weighted by molar-refractivity contribution is -0.140. The van der Waals surface area contributed by atoms with Crippen molar-refractivity contribution in [1.82, 2.24) is 0 Å². The van der Waals surface area contributed by atoms with Gasteiger partial charge in [-0.15, -0.1) is 0 Å². The maximum Gasteiger partial charge on any atom is 0.332 e. The minimum absolute atomic E-state index is 0.110. The van der Waals surface area contributed by atoms with Gasteiger partial charge in [0.05, 0.1) is 36.4 Å². The van der Waals surface area contributed by atoms with Crippen LogP contribution in [-0.2, 0) is 19.1 Å². The molecule has 6 heteroatoms. The highest BCUT2D eigenvalue weighted by Gasteiger charge is 2.27. The summed E-state index contributed by atoms with van der Waals surface area (Å²) in [5.74, 6) is -2.45. The van der Waals surface area contributed by atoms with Gasteiger partial charge in [0.2, 0.25) is 0 Å². The number of rotatable bonds is 9. The third-order valence-electron chi connectivity index (χ3n) is 2.76. The highest BCUT2D eigenvalue weighted by Crippen LogP contribution is 2.23. The molecule has 0 aromatic heterocycles. The zero-order valence-corrected chi connectivity index (χ0v) is 13.5. The molecule has 2 atom stereocenters. The Morgan fingerprint density at radius 2 is 1.24 bits per heavy atom. The molecule has 0 spiro atoms. The van der Waals surface area contributed by atoms with Crippen molar-refractivity contribution < 1.29 is 29.3 Å². The minimum atomic E-state index is -1.26. The predicted molar refractivity (Wildman–Crippen MR) is 78.3 cm³/mol. The molecule has 0 fully saturated rings. The van der Waals surface area contributed by atoms with Crippen LogP contribution in [0.15, 0.2) is 11.1 Å². The van der Waals surface area contributed by atoms with Crippen molar-refractivity contribution in [2.24, 2.45) is 0 Å². The second-order valence-corrected chi connectivity index (χ2v) is 5.46. The Bertz CT molecular complexity index is 379. The second kappa shape index (κ2) is 8.79. The Kier molecular flexibility index (Phi) is 8.21. The lowest BCUT2D eigenvalue weighted by Gasteiger charge is -2.27. The maximum atomic E-state index is 11.4. The van der Waals surface area contributed by atoms with Crippen LogP contribution < -0.4 is 0 Å². The van der Waals surface area contributed by atoms with Gasteiger partial charge < -0.3 is 19.7 Å². The molecule has 2 N–H and O–H groups in total. The predicted octanol–water partition coefficient (Wildman–Crippen LogP) is 2.47. The molecule has 0 aromatic carbocycles.